The molecule has 1 aliphatic rings. The van der Waals surface area contributed by atoms with Crippen molar-refractivity contribution in [2.75, 3.05) is 27.9 Å². The van der Waals surface area contributed by atoms with Crippen molar-refractivity contribution in [1.82, 2.24) is 15.1 Å². The molecule has 0 fully saturated rings. The number of ether oxygens (including phenoxy) is 3. The van der Waals surface area contributed by atoms with Gasteiger partial charge in [-0.3, -0.25) is 9.89 Å². The summed E-state index contributed by atoms with van der Waals surface area (Å²) >= 11 is 0. The highest BCUT2D eigenvalue weighted by molar-refractivity contribution is 6.00. The zero-order valence-corrected chi connectivity index (χ0v) is 16.9. The van der Waals surface area contributed by atoms with Crippen molar-refractivity contribution >= 4 is 5.91 Å². The SMILES string of the molecule is COc1cccc(-c2n[nH]c3c2C(c2ccccc2F)N(CC(OC)OC)C3=O)c1. The molecule has 1 aromatic heterocycles. The summed E-state index contributed by atoms with van der Waals surface area (Å²) in [5.74, 6) is -0.0389. The molecule has 0 radical (unpaired) electrons. The number of carbonyl (C=O) groups is 1. The summed E-state index contributed by atoms with van der Waals surface area (Å²) in [5, 5.41) is 7.22. The van der Waals surface area contributed by atoms with E-state index in [4.69, 9.17) is 14.2 Å². The molecule has 0 bridgehead atoms. The minimum Gasteiger partial charge on any atom is -0.497 e. The van der Waals surface area contributed by atoms with Crippen LogP contribution < -0.4 is 4.74 Å². The third-order valence-electron chi connectivity index (χ3n) is 5.28. The Bertz CT molecular complexity index is 1060. The summed E-state index contributed by atoms with van der Waals surface area (Å²) in [6.45, 7) is 0.130. The average molecular weight is 411 g/mol. The van der Waals surface area contributed by atoms with E-state index in [0.29, 0.717) is 28.3 Å². The van der Waals surface area contributed by atoms with E-state index < -0.39 is 18.1 Å². The van der Waals surface area contributed by atoms with Gasteiger partial charge in [0.25, 0.3) is 5.91 Å². The number of fused-ring (bicyclic) bond motifs is 1. The number of nitrogens with zero attached hydrogens (tertiary/aromatic N) is 2. The standard InChI is InChI=1S/C22H22FN3O4/c1-28-14-8-6-7-13(11-14)19-18-20(25-24-19)22(27)26(12-17(29-2)30-3)21(18)15-9-4-5-10-16(15)23/h4-11,17,21H,12H2,1-3H3,(H,24,25). The van der Waals surface area contributed by atoms with Crippen molar-refractivity contribution in [3.63, 3.8) is 0 Å². The van der Waals surface area contributed by atoms with Gasteiger partial charge in [-0.1, -0.05) is 30.3 Å². The molecule has 7 nitrogen and oxygen atoms in total. The Kier molecular flexibility index (Phi) is 5.52. The summed E-state index contributed by atoms with van der Waals surface area (Å²) in [6.07, 6.45) is -0.652. The lowest BCUT2D eigenvalue weighted by Crippen LogP contribution is -2.38. The van der Waals surface area contributed by atoms with Crippen molar-refractivity contribution in [2.45, 2.75) is 12.3 Å². The first kappa shape index (κ1) is 20.1. The fraction of sp³-hybridized carbons (Fsp3) is 0.273. The Hall–Kier alpha value is -3.23. The number of rotatable bonds is 7. The van der Waals surface area contributed by atoms with Crippen LogP contribution in [0.2, 0.25) is 0 Å². The van der Waals surface area contributed by atoms with Crippen molar-refractivity contribution in [3.05, 3.63) is 71.2 Å². The Morgan fingerprint density at radius 2 is 1.90 bits per heavy atom. The molecule has 8 heteroatoms. The monoisotopic (exact) mass is 411 g/mol. The topological polar surface area (TPSA) is 76.7 Å². The lowest BCUT2D eigenvalue weighted by atomic mass is 9.95. The van der Waals surface area contributed by atoms with Gasteiger partial charge in [0.2, 0.25) is 0 Å². The fourth-order valence-electron chi connectivity index (χ4n) is 3.80. The third-order valence-corrected chi connectivity index (χ3v) is 5.28. The number of halogens is 1. The summed E-state index contributed by atoms with van der Waals surface area (Å²) < 4.78 is 30.7. The smallest absolute Gasteiger partial charge is 0.273 e. The zero-order valence-electron chi connectivity index (χ0n) is 16.9. The van der Waals surface area contributed by atoms with E-state index in [1.165, 1.54) is 20.3 Å². The highest BCUT2D eigenvalue weighted by atomic mass is 19.1. The predicted molar refractivity (Wildman–Crippen MR) is 108 cm³/mol. The molecule has 1 amide bonds. The lowest BCUT2D eigenvalue weighted by molar-refractivity contribution is -0.113. The van der Waals surface area contributed by atoms with E-state index in [0.717, 1.165) is 5.56 Å². The molecule has 0 spiro atoms. The lowest BCUT2D eigenvalue weighted by Gasteiger charge is -2.29. The molecule has 1 atom stereocenters. The quantitative estimate of drug-likeness (QED) is 0.603. The van der Waals surface area contributed by atoms with Crippen LogP contribution in [-0.2, 0) is 9.47 Å². The number of amides is 1. The molecule has 0 saturated heterocycles. The van der Waals surface area contributed by atoms with Gasteiger partial charge in [-0.15, -0.1) is 0 Å². The molecule has 30 heavy (non-hydrogen) atoms. The molecule has 156 valence electrons. The van der Waals surface area contributed by atoms with Gasteiger partial charge in [-0.2, -0.15) is 5.10 Å². The van der Waals surface area contributed by atoms with Crippen molar-refractivity contribution in [2.24, 2.45) is 0 Å². The molecule has 1 unspecified atom stereocenters. The third kappa shape index (κ3) is 3.34. The second-order valence-corrected chi connectivity index (χ2v) is 6.88. The van der Waals surface area contributed by atoms with E-state index >= 15 is 0 Å². The maximum Gasteiger partial charge on any atom is 0.273 e. The van der Waals surface area contributed by atoms with Crippen LogP contribution >= 0.6 is 0 Å². The normalized spacial score (nSPS) is 15.7. The van der Waals surface area contributed by atoms with Gasteiger partial charge in [0, 0.05) is 30.9 Å². The largest absolute Gasteiger partial charge is 0.497 e. The van der Waals surface area contributed by atoms with E-state index in [2.05, 4.69) is 10.2 Å². The first-order valence-corrected chi connectivity index (χ1v) is 9.42. The summed E-state index contributed by atoms with van der Waals surface area (Å²) in [7, 11) is 4.57. The van der Waals surface area contributed by atoms with Gasteiger partial charge in [-0.05, 0) is 18.2 Å². The predicted octanol–water partition coefficient (Wildman–Crippen LogP) is 3.39. The number of hydrogen-bond donors (Lipinski definition) is 1. The Morgan fingerprint density at radius 1 is 1.13 bits per heavy atom. The maximum absolute atomic E-state index is 14.8. The number of methoxy groups -OCH3 is 3. The van der Waals surface area contributed by atoms with Gasteiger partial charge in [0.15, 0.2) is 6.29 Å². The van der Waals surface area contributed by atoms with Crippen LogP contribution in [0.3, 0.4) is 0 Å². The second kappa shape index (κ2) is 8.25. The van der Waals surface area contributed by atoms with Gasteiger partial charge < -0.3 is 19.1 Å². The number of benzene rings is 2. The molecule has 2 heterocycles. The molecule has 0 saturated carbocycles. The minimum atomic E-state index is -0.679. The second-order valence-electron chi connectivity index (χ2n) is 6.88. The van der Waals surface area contributed by atoms with Crippen LogP contribution in [0.25, 0.3) is 11.3 Å². The summed E-state index contributed by atoms with van der Waals surface area (Å²) in [5.41, 5.74) is 2.65. The Labute approximate surface area is 173 Å². The van der Waals surface area contributed by atoms with Gasteiger partial charge >= 0.3 is 0 Å². The number of H-pyrrole nitrogens is 1. The van der Waals surface area contributed by atoms with Crippen molar-refractivity contribution in [3.8, 4) is 17.0 Å². The Balaban J connectivity index is 1.87. The highest BCUT2D eigenvalue weighted by Gasteiger charge is 2.44. The highest BCUT2D eigenvalue weighted by Crippen LogP contribution is 2.43. The summed E-state index contributed by atoms with van der Waals surface area (Å²) in [4.78, 5) is 14.8. The first-order chi connectivity index (χ1) is 14.6. The molecule has 1 aliphatic heterocycles. The number of carbonyl (C=O) groups excluding carboxylic acids is 1. The maximum atomic E-state index is 14.8. The molecule has 1 N–H and O–H groups in total. The fourth-order valence-corrected chi connectivity index (χ4v) is 3.80. The van der Waals surface area contributed by atoms with Crippen LogP contribution in [0.5, 0.6) is 5.75 Å². The van der Waals surface area contributed by atoms with Crippen LogP contribution in [0.4, 0.5) is 4.39 Å². The number of aromatic amines is 1. The molecular weight excluding hydrogens is 389 g/mol. The van der Waals surface area contributed by atoms with Crippen molar-refractivity contribution < 1.29 is 23.4 Å². The van der Waals surface area contributed by atoms with E-state index in [9.17, 15) is 9.18 Å². The molecule has 3 aromatic rings. The number of aromatic nitrogens is 2. The number of nitrogens with one attached hydrogen (secondary N) is 1. The number of hydrogen-bond acceptors (Lipinski definition) is 5. The van der Waals surface area contributed by atoms with E-state index in [-0.39, 0.29) is 12.5 Å². The van der Waals surface area contributed by atoms with Gasteiger partial charge in [0.1, 0.15) is 17.3 Å². The zero-order chi connectivity index (χ0) is 21.3. The molecule has 2 aromatic carbocycles. The van der Waals surface area contributed by atoms with Crippen LogP contribution in [0.15, 0.2) is 48.5 Å². The molecule has 0 aliphatic carbocycles. The van der Waals surface area contributed by atoms with Crippen LogP contribution in [-0.4, -0.2) is 55.2 Å². The molecule has 4 rings (SSSR count). The van der Waals surface area contributed by atoms with Gasteiger partial charge in [0.05, 0.1) is 25.4 Å². The first-order valence-electron chi connectivity index (χ1n) is 9.42. The van der Waals surface area contributed by atoms with E-state index in [1.54, 1.807) is 30.2 Å². The summed E-state index contributed by atoms with van der Waals surface area (Å²) in [6, 6.07) is 13.1. The Morgan fingerprint density at radius 3 is 2.60 bits per heavy atom. The van der Waals surface area contributed by atoms with E-state index in [1.807, 2.05) is 24.3 Å². The minimum absolute atomic E-state index is 0.130. The molecular formula is C22H22FN3O4. The van der Waals surface area contributed by atoms with Crippen LogP contribution in [0, 0.1) is 5.82 Å². The van der Waals surface area contributed by atoms with Gasteiger partial charge in [-0.25, -0.2) is 4.39 Å². The van der Waals surface area contributed by atoms with Crippen LogP contribution in [0.1, 0.15) is 27.7 Å². The van der Waals surface area contributed by atoms with Crippen molar-refractivity contribution in [1.29, 1.82) is 0 Å². The average Bonchev–Trinajstić information content (AvgIpc) is 3.32.